The van der Waals surface area contributed by atoms with Crippen LogP contribution in [0.2, 0.25) is 0 Å². The third-order valence-electron chi connectivity index (χ3n) is 4.32. The van der Waals surface area contributed by atoms with Gasteiger partial charge in [-0.3, -0.25) is 9.59 Å². The average Bonchev–Trinajstić information content (AvgIpc) is 2.70. The number of benzene rings is 1. The van der Waals surface area contributed by atoms with Gasteiger partial charge in [-0.05, 0) is 43.5 Å². The lowest BCUT2D eigenvalue weighted by molar-refractivity contribution is -0.160. The van der Waals surface area contributed by atoms with Crippen LogP contribution in [0.15, 0.2) is 35.6 Å². The fourth-order valence-corrected chi connectivity index (χ4v) is 3.20. The van der Waals surface area contributed by atoms with Crippen molar-refractivity contribution in [3.63, 3.8) is 0 Å². The van der Waals surface area contributed by atoms with Crippen molar-refractivity contribution < 1.29 is 23.8 Å². The molecule has 22 heavy (non-hydrogen) atoms. The molecule has 0 amide bonds. The zero-order chi connectivity index (χ0) is 16.5. The summed E-state index contributed by atoms with van der Waals surface area (Å²) >= 11 is 0. The van der Waals surface area contributed by atoms with Crippen LogP contribution in [0.5, 0.6) is 0 Å². The second-order valence-corrected chi connectivity index (χ2v) is 5.39. The van der Waals surface area contributed by atoms with Gasteiger partial charge in [0.15, 0.2) is 5.76 Å². The maximum Gasteiger partial charge on any atom is 0.321 e. The Labute approximate surface area is 128 Å². The van der Waals surface area contributed by atoms with Gasteiger partial charge < -0.3 is 9.84 Å². The van der Waals surface area contributed by atoms with Crippen LogP contribution in [0.1, 0.15) is 38.7 Å². The third kappa shape index (κ3) is 2.21. The highest BCUT2D eigenvalue weighted by molar-refractivity contribution is 6.15. The number of aliphatic hydroxyl groups excluding tert-OH is 1. The molecule has 118 valence electrons. The quantitative estimate of drug-likeness (QED) is 0.685. The molecule has 1 N–H and O–H groups in total. The zero-order valence-electron chi connectivity index (χ0n) is 12.9. The van der Waals surface area contributed by atoms with Crippen molar-refractivity contribution in [2.45, 2.75) is 33.1 Å². The summed E-state index contributed by atoms with van der Waals surface area (Å²) in [6.45, 7) is 5.12. The smallest absolute Gasteiger partial charge is 0.321 e. The first kappa shape index (κ1) is 16.2. The number of halogens is 1. The number of esters is 1. The lowest BCUT2D eigenvalue weighted by Gasteiger charge is -2.31. The lowest BCUT2D eigenvalue weighted by Crippen LogP contribution is -2.42. The first-order valence-electron chi connectivity index (χ1n) is 7.27. The van der Waals surface area contributed by atoms with E-state index in [2.05, 4.69) is 0 Å². The lowest BCUT2D eigenvalue weighted by atomic mass is 9.69. The molecule has 0 heterocycles. The molecule has 1 aliphatic rings. The molecule has 0 spiro atoms. The Morgan fingerprint density at radius 1 is 1.32 bits per heavy atom. The van der Waals surface area contributed by atoms with Crippen molar-refractivity contribution in [2.75, 3.05) is 6.61 Å². The van der Waals surface area contributed by atoms with Crippen LogP contribution in [0, 0.1) is 11.2 Å². The maximum absolute atomic E-state index is 13.2. The van der Waals surface area contributed by atoms with Crippen molar-refractivity contribution in [1.82, 2.24) is 0 Å². The van der Waals surface area contributed by atoms with E-state index in [0.29, 0.717) is 11.1 Å². The van der Waals surface area contributed by atoms with Gasteiger partial charge in [-0.1, -0.05) is 19.1 Å². The van der Waals surface area contributed by atoms with Gasteiger partial charge in [-0.15, -0.1) is 0 Å². The molecule has 1 aliphatic carbocycles. The largest absolute Gasteiger partial charge is 0.504 e. The van der Waals surface area contributed by atoms with Gasteiger partial charge in [-0.25, -0.2) is 4.39 Å². The van der Waals surface area contributed by atoms with E-state index in [1.165, 1.54) is 24.3 Å². The summed E-state index contributed by atoms with van der Waals surface area (Å²) in [5.74, 6) is -2.73. The number of allylic oxidation sites excluding steroid dienone is 2. The van der Waals surface area contributed by atoms with Crippen LogP contribution in [-0.4, -0.2) is 23.5 Å². The number of Topliss-reactive ketones (excluding diaryl/α,β-unsaturated/α-hetero) is 1. The van der Waals surface area contributed by atoms with Crippen molar-refractivity contribution in [3.05, 3.63) is 47.0 Å². The van der Waals surface area contributed by atoms with Crippen LogP contribution in [0.3, 0.4) is 0 Å². The fourth-order valence-electron chi connectivity index (χ4n) is 3.20. The van der Waals surface area contributed by atoms with E-state index in [1.807, 2.05) is 0 Å². The Bertz CT molecular complexity index is 633. The van der Waals surface area contributed by atoms with Gasteiger partial charge in [0.1, 0.15) is 11.2 Å². The fraction of sp³-hybridized carbons (Fsp3) is 0.412. The standard InChI is InChI=1S/C17H19FO4/c1-4-17(16(21)22-5-2)13(10(3)14(19)15(17)20)11-6-8-12(18)9-7-11/h6-9,13,19H,4-5H2,1-3H3/t13-,17+/m1/s1. The summed E-state index contributed by atoms with van der Waals surface area (Å²) in [6.07, 6.45) is 0.189. The zero-order valence-corrected chi connectivity index (χ0v) is 12.9. The minimum absolute atomic E-state index is 0.143. The predicted octanol–water partition coefficient (Wildman–Crippen LogP) is 3.28. The van der Waals surface area contributed by atoms with Crippen molar-refractivity contribution in [1.29, 1.82) is 0 Å². The first-order chi connectivity index (χ1) is 10.4. The maximum atomic E-state index is 13.2. The Hall–Kier alpha value is -2.17. The monoisotopic (exact) mass is 306 g/mol. The summed E-state index contributed by atoms with van der Waals surface area (Å²) < 4.78 is 18.2. The highest BCUT2D eigenvalue weighted by Crippen LogP contribution is 2.52. The van der Waals surface area contributed by atoms with Crippen LogP contribution in [0.4, 0.5) is 4.39 Å². The Kier molecular flexibility index (Phi) is 4.35. The molecule has 4 nitrogen and oxygen atoms in total. The average molecular weight is 306 g/mol. The molecule has 0 bridgehead atoms. The number of aliphatic hydroxyl groups is 1. The van der Waals surface area contributed by atoms with Crippen LogP contribution in [-0.2, 0) is 14.3 Å². The minimum atomic E-state index is -1.48. The van der Waals surface area contributed by atoms with Crippen LogP contribution < -0.4 is 0 Å². The highest BCUT2D eigenvalue weighted by atomic mass is 19.1. The van der Waals surface area contributed by atoms with E-state index in [9.17, 15) is 19.1 Å². The number of ketones is 1. The van der Waals surface area contributed by atoms with Gasteiger partial charge in [0.05, 0.1) is 6.61 Å². The number of hydrogen-bond donors (Lipinski definition) is 1. The van der Waals surface area contributed by atoms with E-state index in [4.69, 9.17) is 4.74 Å². The first-order valence-corrected chi connectivity index (χ1v) is 7.27. The molecule has 5 heteroatoms. The highest BCUT2D eigenvalue weighted by Gasteiger charge is 2.59. The molecule has 0 aliphatic heterocycles. The van der Waals surface area contributed by atoms with Gasteiger partial charge >= 0.3 is 5.97 Å². The Morgan fingerprint density at radius 2 is 1.91 bits per heavy atom. The van der Waals surface area contributed by atoms with Gasteiger partial charge in [0.2, 0.25) is 5.78 Å². The molecule has 2 rings (SSSR count). The van der Waals surface area contributed by atoms with E-state index in [1.54, 1.807) is 20.8 Å². The molecule has 0 fully saturated rings. The summed E-state index contributed by atoms with van der Waals surface area (Å²) in [5.41, 5.74) is -0.472. The second kappa shape index (κ2) is 5.91. The molecule has 2 atom stereocenters. The summed E-state index contributed by atoms with van der Waals surface area (Å²) in [5, 5.41) is 10.1. The molecule has 0 aromatic heterocycles. The minimum Gasteiger partial charge on any atom is -0.504 e. The molecule has 0 saturated heterocycles. The third-order valence-corrected chi connectivity index (χ3v) is 4.32. The number of carbonyl (C=O) groups excluding carboxylic acids is 2. The normalized spacial score (nSPS) is 24.7. The number of carbonyl (C=O) groups is 2. The summed E-state index contributed by atoms with van der Waals surface area (Å²) in [7, 11) is 0. The van der Waals surface area contributed by atoms with Crippen LogP contribution in [0.25, 0.3) is 0 Å². The van der Waals surface area contributed by atoms with E-state index in [-0.39, 0.29) is 13.0 Å². The topological polar surface area (TPSA) is 63.6 Å². The molecule has 0 unspecified atom stereocenters. The van der Waals surface area contributed by atoms with Crippen molar-refractivity contribution >= 4 is 11.8 Å². The summed E-state index contributed by atoms with van der Waals surface area (Å²) in [4.78, 5) is 25.0. The van der Waals surface area contributed by atoms with E-state index < -0.39 is 34.7 Å². The van der Waals surface area contributed by atoms with E-state index in [0.717, 1.165) is 0 Å². The predicted molar refractivity (Wildman–Crippen MR) is 78.8 cm³/mol. The van der Waals surface area contributed by atoms with Gasteiger partial charge in [0.25, 0.3) is 0 Å². The number of rotatable bonds is 4. The molecule has 0 radical (unpaired) electrons. The molecule has 1 aromatic rings. The molecule has 1 aromatic carbocycles. The number of ether oxygens (including phenoxy) is 1. The van der Waals surface area contributed by atoms with Gasteiger partial charge in [-0.2, -0.15) is 0 Å². The SMILES string of the molecule is CCOC(=O)[C@]1(CC)C(=O)C(O)=C(C)[C@@H]1c1ccc(F)cc1. The van der Waals surface area contributed by atoms with Crippen molar-refractivity contribution in [2.24, 2.45) is 5.41 Å². The molecular formula is C17H19FO4. The van der Waals surface area contributed by atoms with Gasteiger partial charge in [0, 0.05) is 5.92 Å². The number of hydrogen-bond acceptors (Lipinski definition) is 4. The molecular weight excluding hydrogens is 287 g/mol. The van der Waals surface area contributed by atoms with Crippen molar-refractivity contribution in [3.8, 4) is 0 Å². The second-order valence-electron chi connectivity index (χ2n) is 5.39. The van der Waals surface area contributed by atoms with Crippen LogP contribution >= 0.6 is 0 Å². The Morgan fingerprint density at radius 3 is 2.41 bits per heavy atom. The Balaban J connectivity index is 2.61. The summed E-state index contributed by atoms with van der Waals surface area (Å²) in [6, 6.07) is 5.60. The van der Waals surface area contributed by atoms with E-state index >= 15 is 0 Å². The molecule has 0 saturated carbocycles.